The van der Waals surface area contributed by atoms with E-state index < -0.39 is 0 Å². The lowest BCUT2D eigenvalue weighted by Gasteiger charge is -2.42. The first kappa shape index (κ1) is 13.2. The number of hydrogen-bond acceptors (Lipinski definition) is 1. The third-order valence-corrected chi connectivity index (χ3v) is 5.46. The maximum atomic E-state index is 3.86. The van der Waals surface area contributed by atoms with Gasteiger partial charge in [-0.15, -0.1) is 0 Å². The number of rotatable bonds is 3. The maximum absolute atomic E-state index is 3.86. The Labute approximate surface area is 117 Å². The molecule has 1 unspecified atom stereocenters. The van der Waals surface area contributed by atoms with Gasteiger partial charge >= 0.3 is 0 Å². The van der Waals surface area contributed by atoms with E-state index >= 15 is 0 Å². The lowest BCUT2D eigenvalue weighted by atomic mass is 9.69. The van der Waals surface area contributed by atoms with E-state index in [0.29, 0.717) is 16.9 Å². The molecule has 1 heteroatoms. The van der Waals surface area contributed by atoms with Gasteiger partial charge in [0, 0.05) is 12.6 Å². The largest absolute Gasteiger partial charge is 0.309 e. The summed E-state index contributed by atoms with van der Waals surface area (Å²) in [7, 11) is 0. The van der Waals surface area contributed by atoms with Crippen LogP contribution in [0.3, 0.4) is 0 Å². The van der Waals surface area contributed by atoms with Crippen molar-refractivity contribution < 1.29 is 0 Å². The standard InChI is InChI=1S/C18H27N/c1-17(2)12-9-16(14-7-4-5-8-15(14)17)19-13-18(3)10-6-11-18/h4-5,7-8,16,19H,6,9-13H2,1-3H3. The van der Waals surface area contributed by atoms with E-state index in [2.05, 4.69) is 50.4 Å². The van der Waals surface area contributed by atoms with Crippen molar-refractivity contribution in [1.82, 2.24) is 5.32 Å². The number of hydrogen-bond donors (Lipinski definition) is 1. The van der Waals surface area contributed by atoms with E-state index in [1.807, 2.05) is 0 Å². The van der Waals surface area contributed by atoms with Crippen molar-refractivity contribution in [1.29, 1.82) is 0 Å². The molecule has 1 fully saturated rings. The molecule has 1 saturated carbocycles. The SMILES string of the molecule is CC1(CNC2CCC(C)(C)c3ccccc32)CCC1. The summed E-state index contributed by atoms with van der Waals surface area (Å²) in [5.41, 5.74) is 4.01. The lowest BCUT2D eigenvalue weighted by Crippen LogP contribution is -2.41. The van der Waals surface area contributed by atoms with Crippen LogP contribution >= 0.6 is 0 Å². The molecule has 0 saturated heterocycles. The van der Waals surface area contributed by atoms with Crippen LogP contribution in [0.15, 0.2) is 24.3 Å². The van der Waals surface area contributed by atoms with E-state index in [9.17, 15) is 0 Å². The van der Waals surface area contributed by atoms with Gasteiger partial charge in [-0.05, 0) is 47.6 Å². The molecule has 1 atom stereocenters. The van der Waals surface area contributed by atoms with Crippen LogP contribution in [0.2, 0.25) is 0 Å². The van der Waals surface area contributed by atoms with E-state index in [0.717, 1.165) is 0 Å². The van der Waals surface area contributed by atoms with Crippen molar-refractivity contribution in [2.75, 3.05) is 6.54 Å². The first-order valence-corrected chi connectivity index (χ1v) is 7.83. The quantitative estimate of drug-likeness (QED) is 0.836. The van der Waals surface area contributed by atoms with Crippen LogP contribution in [0.25, 0.3) is 0 Å². The summed E-state index contributed by atoms with van der Waals surface area (Å²) in [5.74, 6) is 0. The fraction of sp³-hybridized carbons (Fsp3) is 0.667. The Bertz CT molecular complexity index is 457. The van der Waals surface area contributed by atoms with Crippen molar-refractivity contribution in [3.63, 3.8) is 0 Å². The normalized spacial score (nSPS) is 27.4. The summed E-state index contributed by atoms with van der Waals surface area (Å²) in [6.45, 7) is 8.39. The molecule has 0 bridgehead atoms. The first-order valence-electron chi connectivity index (χ1n) is 7.83. The molecule has 1 nitrogen and oxygen atoms in total. The van der Waals surface area contributed by atoms with Crippen LogP contribution in [0.1, 0.15) is 70.0 Å². The van der Waals surface area contributed by atoms with Crippen LogP contribution in [-0.2, 0) is 5.41 Å². The van der Waals surface area contributed by atoms with Crippen LogP contribution < -0.4 is 5.32 Å². The number of fused-ring (bicyclic) bond motifs is 1. The predicted octanol–water partition coefficient (Wildman–Crippen LogP) is 4.58. The van der Waals surface area contributed by atoms with Gasteiger partial charge in [-0.2, -0.15) is 0 Å². The minimum absolute atomic E-state index is 0.342. The first-order chi connectivity index (χ1) is 9.00. The minimum atomic E-state index is 0.342. The number of benzene rings is 1. The molecule has 0 heterocycles. The molecule has 0 aromatic heterocycles. The Morgan fingerprint density at radius 1 is 1.11 bits per heavy atom. The maximum Gasteiger partial charge on any atom is 0.0323 e. The molecule has 1 aromatic rings. The highest BCUT2D eigenvalue weighted by Crippen LogP contribution is 2.43. The third kappa shape index (κ3) is 2.45. The van der Waals surface area contributed by atoms with Crippen molar-refractivity contribution in [2.45, 2.75) is 64.3 Å². The average molecular weight is 257 g/mol. The summed E-state index contributed by atoms with van der Waals surface area (Å²) >= 11 is 0. The van der Waals surface area contributed by atoms with Gasteiger partial charge in [-0.25, -0.2) is 0 Å². The molecule has 1 aromatic carbocycles. The summed E-state index contributed by atoms with van der Waals surface area (Å²) in [5, 5.41) is 3.86. The molecular formula is C18H27N. The molecule has 0 radical (unpaired) electrons. The Balaban J connectivity index is 1.77. The summed E-state index contributed by atoms with van der Waals surface area (Å²) in [4.78, 5) is 0. The highest BCUT2D eigenvalue weighted by molar-refractivity contribution is 5.38. The minimum Gasteiger partial charge on any atom is -0.309 e. The van der Waals surface area contributed by atoms with E-state index in [1.165, 1.54) is 38.6 Å². The third-order valence-electron chi connectivity index (χ3n) is 5.46. The van der Waals surface area contributed by atoms with E-state index in [-0.39, 0.29) is 0 Å². The second-order valence-electron chi connectivity index (χ2n) is 7.61. The van der Waals surface area contributed by atoms with Gasteiger partial charge in [0.2, 0.25) is 0 Å². The van der Waals surface area contributed by atoms with Gasteiger partial charge in [0.15, 0.2) is 0 Å². The molecule has 3 rings (SSSR count). The Morgan fingerprint density at radius 3 is 2.53 bits per heavy atom. The van der Waals surface area contributed by atoms with Gasteiger partial charge in [0.1, 0.15) is 0 Å². The molecule has 2 aliphatic carbocycles. The second kappa shape index (κ2) is 4.63. The van der Waals surface area contributed by atoms with Crippen LogP contribution in [0.5, 0.6) is 0 Å². The molecule has 19 heavy (non-hydrogen) atoms. The van der Waals surface area contributed by atoms with Crippen LogP contribution in [0.4, 0.5) is 0 Å². The zero-order valence-corrected chi connectivity index (χ0v) is 12.6. The van der Waals surface area contributed by atoms with E-state index in [1.54, 1.807) is 11.1 Å². The van der Waals surface area contributed by atoms with Gasteiger partial charge < -0.3 is 5.32 Å². The fourth-order valence-electron chi connectivity index (χ4n) is 3.75. The van der Waals surface area contributed by atoms with Gasteiger partial charge in [-0.1, -0.05) is 51.5 Å². The highest BCUT2D eigenvalue weighted by atomic mass is 14.9. The molecule has 0 amide bonds. The molecular weight excluding hydrogens is 230 g/mol. The molecule has 0 aliphatic heterocycles. The Morgan fingerprint density at radius 2 is 1.84 bits per heavy atom. The predicted molar refractivity (Wildman–Crippen MR) is 81.4 cm³/mol. The van der Waals surface area contributed by atoms with Crippen molar-refractivity contribution >= 4 is 0 Å². The smallest absolute Gasteiger partial charge is 0.0323 e. The summed E-state index contributed by atoms with van der Waals surface area (Å²) in [6.07, 6.45) is 6.80. The zero-order chi connectivity index (χ0) is 13.5. The molecule has 1 N–H and O–H groups in total. The molecule has 104 valence electrons. The van der Waals surface area contributed by atoms with Gasteiger partial charge in [-0.3, -0.25) is 0 Å². The Kier molecular flexibility index (Phi) is 3.21. The Hall–Kier alpha value is -0.820. The van der Waals surface area contributed by atoms with Gasteiger partial charge in [0.25, 0.3) is 0 Å². The van der Waals surface area contributed by atoms with Crippen LogP contribution in [-0.4, -0.2) is 6.54 Å². The number of nitrogens with one attached hydrogen (secondary N) is 1. The average Bonchev–Trinajstić information content (AvgIpc) is 2.36. The molecule has 0 spiro atoms. The van der Waals surface area contributed by atoms with Crippen LogP contribution in [0, 0.1) is 5.41 Å². The zero-order valence-electron chi connectivity index (χ0n) is 12.6. The summed E-state index contributed by atoms with van der Waals surface area (Å²) in [6, 6.07) is 9.61. The highest BCUT2D eigenvalue weighted by Gasteiger charge is 2.35. The monoisotopic (exact) mass is 257 g/mol. The van der Waals surface area contributed by atoms with E-state index in [4.69, 9.17) is 0 Å². The topological polar surface area (TPSA) is 12.0 Å². The van der Waals surface area contributed by atoms with Crippen molar-refractivity contribution in [3.8, 4) is 0 Å². The van der Waals surface area contributed by atoms with Crippen molar-refractivity contribution in [2.24, 2.45) is 5.41 Å². The van der Waals surface area contributed by atoms with Gasteiger partial charge in [0.05, 0.1) is 0 Å². The fourth-order valence-corrected chi connectivity index (χ4v) is 3.75. The molecule has 2 aliphatic rings. The second-order valence-corrected chi connectivity index (χ2v) is 7.61. The summed E-state index contributed by atoms with van der Waals surface area (Å²) < 4.78 is 0. The lowest BCUT2D eigenvalue weighted by molar-refractivity contribution is 0.147. The van der Waals surface area contributed by atoms with Crippen molar-refractivity contribution in [3.05, 3.63) is 35.4 Å².